The first-order valence-corrected chi connectivity index (χ1v) is 14.2. The van der Waals surface area contributed by atoms with Crippen molar-refractivity contribution >= 4 is 49.2 Å². The van der Waals surface area contributed by atoms with Crippen molar-refractivity contribution in [1.82, 2.24) is 0 Å². The zero-order valence-electron chi connectivity index (χ0n) is 21.1. The molecule has 194 valence electrons. The van der Waals surface area contributed by atoms with E-state index < -0.39 is 11.4 Å². The van der Waals surface area contributed by atoms with Gasteiger partial charge in [-0.05, 0) is 60.6 Å². The normalized spacial score (nSPS) is 28.0. The molecule has 2 aromatic carbocycles. The third kappa shape index (κ3) is 4.70. The lowest BCUT2D eigenvalue weighted by Gasteiger charge is -2.50. The summed E-state index contributed by atoms with van der Waals surface area (Å²) < 4.78 is 13.4. The van der Waals surface area contributed by atoms with E-state index in [4.69, 9.17) is 9.47 Å². The molecule has 0 radical (unpaired) electrons. The van der Waals surface area contributed by atoms with Crippen LogP contribution in [0.3, 0.4) is 0 Å². The summed E-state index contributed by atoms with van der Waals surface area (Å²) in [7, 11) is 0. The molecule has 0 spiro atoms. The van der Waals surface area contributed by atoms with E-state index in [1.165, 1.54) is 15.7 Å². The summed E-state index contributed by atoms with van der Waals surface area (Å²) in [6, 6.07) is 13.1. The van der Waals surface area contributed by atoms with E-state index >= 15 is 0 Å². The minimum atomic E-state index is -0.790. The summed E-state index contributed by atoms with van der Waals surface area (Å²) in [6.07, 6.45) is 1.69. The van der Waals surface area contributed by atoms with Crippen LogP contribution >= 0.6 is 31.9 Å². The van der Waals surface area contributed by atoms with Gasteiger partial charge in [-0.2, -0.15) is 0 Å². The number of benzene rings is 2. The molecule has 2 fully saturated rings. The molecular weight excluding hydrogens is 588 g/mol. The van der Waals surface area contributed by atoms with E-state index in [0.717, 1.165) is 48.4 Å². The van der Waals surface area contributed by atoms with E-state index in [1.54, 1.807) is 0 Å². The van der Waals surface area contributed by atoms with Gasteiger partial charge in [0.2, 0.25) is 0 Å². The number of fused-ring (bicyclic) bond motifs is 6. The molecule has 4 aliphatic rings. The second-order valence-corrected chi connectivity index (χ2v) is 13.0. The predicted octanol–water partition coefficient (Wildman–Crippen LogP) is 5.54. The Balaban J connectivity index is 0.000000149. The van der Waals surface area contributed by atoms with Crippen molar-refractivity contribution in [2.75, 3.05) is 49.3 Å². The Morgan fingerprint density at radius 1 is 0.861 bits per heavy atom. The number of rotatable bonds is 1. The zero-order chi connectivity index (χ0) is 25.7. The van der Waals surface area contributed by atoms with Crippen LogP contribution in [0.5, 0.6) is 0 Å². The highest BCUT2D eigenvalue weighted by Crippen LogP contribution is 2.44. The summed E-state index contributed by atoms with van der Waals surface area (Å²) in [5.41, 5.74) is 4.61. The molecule has 0 amide bonds. The SMILES string of the molecule is CC1(C(=O)O)Cc2ccc(Br)cc2N2CCOCC21.CC1(C)Cc2ccc(Br)cc2N2CCOCC21. The number of nitrogens with zero attached hydrogens (tertiary/aromatic N) is 2. The highest BCUT2D eigenvalue weighted by molar-refractivity contribution is 9.10. The maximum atomic E-state index is 11.7. The maximum Gasteiger partial charge on any atom is 0.311 e. The Morgan fingerprint density at radius 3 is 1.92 bits per heavy atom. The second kappa shape index (κ2) is 9.93. The largest absolute Gasteiger partial charge is 0.481 e. The number of anilines is 2. The van der Waals surface area contributed by atoms with Crippen molar-refractivity contribution in [3.63, 3.8) is 0 Å². The molecule has 2 saturated heterocycles. The number of hydrogen-bond acceptors (Lipinski definition) is 5. The fourth-order valence-corrected chi connectivity index (χ4v) is 6.91. The molecule has 0 aliphatic carbocycles. The zero-order valence-corrected chi connectivity index (χ0v) is 24.3. The van der Waals surface area contributed by atoms with Gasteiger partial charge in [-0.3, -0.25) is 4.79 Å². The first-order valence-electron chi connectivity index (χ1n) is 12.6. The molecule has 6 nitrogen and oxygen atoms in total. The van der Waals surface area contributed by atoms with Crippen molar-refractivity contribution in [2.45, 2.75) is 45.7 Å². The predicted molar refractivity (Wildman–Crippen MR) is 149 cm³/mol. The summed E-state index contributed by atoms with van der Waals surface area (Å²) in [5.74, 6) is -0.749. The number of ether oxygens (including phenoxy) is 2. The molecule has 6 rings (SSSR count). The van der Waals surface area contributed by atoms with Crippen molar-refractivity contribution in [3.05, 3.63) is 56.5 Å². The first-order chi connectivity index (χ1) is 17.1. The number of hydrogen-bond donors (Lipinski definition) is 1. The third-order valence-corrected chi connectivity index (χ3v) is 9.29. The van der Waals surface area contributed by atoms with E-state index in [-0.39, 0.29) is 6.04 Å². The van der Waals surface area contributed by atoms with E-state index in [9.17, 15) is 9.90 Å². The average Bonchev–Trinajstić information content (AvgIpc) is 2.86. The van der Waals surface area contributed by atoms with Crippen LogP contribution in [0.25, 0.3) is 0 Å². The van der Waals surface area contributed by atoms with Gasteiger partial charge < -0.3 is 24.4 Å². The molecule has 3 unspecified atom stereocenters. The molecule has 0 bridgehead atoms. The number of halogens is 2. The summed E-state index contributed by atoms with van der Waals surface area (Å²) in [6.45, 7) is 11.1. The first kappa shape index (κ1) is 26.0. The Labute approximate surface area is 230 Å². The van der Waals surface area contributed by atoms with Gasteiger partial charge in [0.1, 0.15) is 0 Å². The Morgan fingerprint density at radius 2 is 1.36 bits per heavy atom. The van der Waals surface area contributed by atoms with Gasteiger partial charge in [0, 0.05) is 33.4 Å². The third-order valence-electron chi connectivity index (χ3n) is 8.30. The van der Waals surface area contributed by atoms with Crippen LogP contribution in [-0.4, -0.2) is 62.7 Å². The maximum absolute atomic E-state index is 11.7. The van der Waals surface area contributed by atoms with Crippen LogP contribution in [0.4, 0.5) is 11.4 Å². The monoisotopic (exact) mass is 620 g/mol. The van der Waals surface area contributed by atoms with Gasteiger partial charge in [-0.1, -0.05) is 57.8 Å². The molecule has 3 atom stereocenters. The number of carboxylic acid groups (broad SMARTS) is 1. The molecule has 4 heterocycles. The fraction of sp³-hybridized carbons (Fsp3) is 0.536. The Hall–Kier alpha value is -1.61. The standard InChI is InChI=1S/C14H16BrNO3.C14H18BrNO/c1-14(13(17)18)7-9-2-3-10(15)6-11(9)16-4-5-19-8-12(14)16;1-14(2)8-10-3-4-11(15)7-12(10)16-5-6-17-9-13(14)16/h2-3,6,12H,4-5,7-8H2,1H3,(H,17,18);3-4,7,13H,5-6,8-9H2,1-2H3. The Bertz CT molecular complexity index is 1160. The number of carbonyl (C=O) groups is 1. The van der Waals surface area contributed by atoms with Gasteiger partial charge in [0.25, 0.3) is 0 Å². The molecule has 0 aromatic heterocycles. The lowest BCUT2D eigenvalue weighted by Crippen LogP contribution is -2.60. The lowest BCUT2D eigenvalue weighted by molar-refractivity contribution is -0.151. The number of carboxylic acids is 1. The van der Waals surface area contributed by atoms with Crippen LogP contribution in [0.15, 0.2) is 45.3 Å². The van der Waals surface area contributed by atoms with Crippen LogP contribution in [0.2, 0.25) is 0 Å². The quantitative estimate of drug-likeness (QED) is 0.451. The van der Waals surface area contributed by atoms with E-state index in [1.807, 2.05) is 19.1 Å². The highest BCUT2D eigenvalue weighted by atomic mass is 79.9. The van der Waals surface area contributed by atoms with Crippen molar-refractivity contribution < 1.29 is 19.4 Å². The average molecular weight is 622 g/mol. The molecule has 2 aromatic rings. The van der Waals surface area contributed by atoms with Gasteiger partial charge >= 0.3 is 5.97 Å². The highest BCUT2D eigenvalue weighted by Gasteiger charge is 2.49. The van der Waals surface area contributed by atoms with Gasteiger partial charge in [-0.15, -0.1) is 0 Å². The van der Waals surface area contributed by atoms with Crippen LogP contribution in [0.1, 0.15) is 31.9 Å². The molecule has 36 heavy (non-hydrogen) atoms. The van der Waals surface area contributed by atoms with E-state index in [2.05, 4.69) is 79.8 Å². The minimum absolute atomic E-state index is 0.0967. The van der Waals surface area contributed by atoms with Gasteiger partial charge in [-0.25, -0.2) is 0 Å². The lowest BCUT2D eigenvalue weighted by atomic mass is 9.72. The van der Waals surface area contributed by atoms with Crippen LogP contribution in [0, 0.1) is 10.8 Å². The van der Waals surface area contributed by atoms with E-state index in [0.29, 0.717) is 31.1 Å². The summed E-state index contributed by atoms with van der Waals surface area (Å²) >= 11 is 7.07. The van der Waals surface area contributed by atoms with Crippen molar-refractivity contribution in [1.29, 1.82) is 0 Å². The summed E-state index contributed by atoms with van der Waals surface area (Å²) in [5, 5.41) is 9.63. The summed E-state index contributed by atoms with van der Waals surface area (Å²) in [4.78, 5) is 16.4. The molecule has 0 saturated carbocycles. The minimum Gasteiger partial charge on any atom is -0.481 e. The molecule has 4 aliphatic heterocycles. The smallest absolute Gasteiger partial charge is 0.311 e. The fourth-order valence-electron chi connectivity index (χ4n) is 6.21. The molecule has 8 heteroatoms. The molecule has 1 N–H and O–H groups in total. The Kier molecular flexibility index (Phi) is 7.18. The number of morpholine rings is 2. The second-order valence-electron chi connectivity index (χ2n) is 11.2. The van der Waals surface area contributed by atoms with Crippen LogP contribution in [-0.2, 0) is 27.1 Å². The van der Waals surface area contributed by atoms with Gasteiger partial charge in [0.05, 0.1) is 43.9 Å². The van der Waals surface area contributed by atoms with Crippen LogP contribution < -0.4 is 9.80 Å². The molecular formula is C28H34Br2N2O4. The van der Waals surface area contributed by atoms with Crippen molar-refractivity contribution in [2.24, 2.45) is 10.8 Å². The topological polar surface area (TPSA) is 62.2 Å². The number of aliphatic carboxylic acids is 1. The van der Waals surface area contributed by atoms with Crippen molar-refractivity contribution in [3.8, 4) is 0 Å². The van der Waals surface area contributed by atoms with Gasteiger partial charge in [0.15, 0.2) is 0 Å².